The molecular weight excluding hydrogens is 324 g/mol. The van der Waals surface area contributed by atoms with Gasteiger partial charge in [0.25, 0.3) is 0 Å². The Morgan fingerprint density at radius 3 is 1.91 bits per heavy atom. The van der Waals surface area contributed by atoms with Crippen LogP contribution < -0.4 is 10.1 Å². The zero-order chi connectivity index (χ0) is 16.8. The summed E-state index contributed by atoms with van der Waals surface area (Å²) in [6.45, 7) is 0. The largest absolute Gasteiger partial charge is 0.464 e. The first kappa shape index (κ1) is 15.5. The van der Waals surface area contributed by atoms with Gasteiger partial charge in [-0.15, -0.1) is 0 Å². The first-order valence-corrected chi connectivity index (χ1v) is 6.46. The maximum atomic E-state index is 12.7. The van der Waals surface area contributed by atoms with E-state index in [1.165, 1.54) is 18.2 Å². The molecule has 122 valence electrons. The van der Waals surface area contributed by atoms with Crippen LogP contribution in [0, 0.1) is 0 Å². The molecule has 0 fully saturated rings. The fourth-order valence-corrected chi connectivity index (χ4v) is 2.22. The van der Waals surface area contributed by atoms with Crippen molar-refractivity contribution in [1.82, 2.24) is 0 Å². The zero-order valence-electron chi connectivity index (χ0n) is 11.3. The van der Waals surface area contributed by atoms with Crippen LogP contribution in [0.3, 0.4) is 0 Å². The molecule has 0 amide bonds. The molecule has 0 saturated heterocycles. The first-order valence-electron chi connectivity index (χ1n) is 6.46. The average Bonchev–Trinajstić information content (AvgIpc) is 2.88. The van der Waals surface area contributed by atoms with E-state index in [9.17, 15) is 26.3 Å². The van der Waals surface area contributed by atoms with Gasteiger partial charge in [0, 0.05) is 5.56 Å². The number of hydrogen-bond donors (Lipinski definition) is 1. The molecule has 0 aliphatic carbocycles. The topological polar surface area (TPSA) is 21.3 Å². The second-order valence-corrected chi connectivity index (χ2v) is 4.97. The summed E-state index contributed by atoms with van der Waals surface area (Å²) in [6, 6.07) is 7.19. The number of alkyl halides is 6. The number of rotatable bonds is 1. The quantitative estimate of drug-likeness (QED) is 0.722. The molecular formula is C15H9F6NO. The summed E-state index contributed by atoms with van der Waals surface area (Å²) in [6.07, 6.45) is -9.77. The molecule has 0 saturated carbocycles. The Balaban J connectivity index is 1.82. The molecule has 1 atom stereocenters. The van der Waals surface area contributed by atoms with Gasteiger partial charge in [-0.05, 0) is 30.3 Å². The van der Waals surface area contributed by atoms with E-state index in [0.717, 1.165) is 24.3 Å². The normalized spacial score (nSPS) is 17.4. The van der Waals surface area contributed by atoms with Crippen LogP contribution in [0.15, 0.2) is 42.5 Å². The van der Waals surface area contributed by atoms with Gasteiger partial charge in [-0.1, -0.05) is 12.1 Å². The van der Waals surface area contributed by atoms with E-state index in [1.54, 1.807) is 0 Å². The minimum atomic E-state index is -4.48. The Labute approximate surface area is 126 Å². The molecule has 1 unspecified atom stereocenters. The lowest BCUT2D eigenvalue weighted by Gasteiger charge is -2.13. The second-order valence-electron chi connectivity index (χ2n) is 4.97. The van der Waals surface area contributed by atoms with Crippen LogP contribution in [0.5, 0.6) is 5.75 Å². The van der Waals surface area contributed by atoms with Gasteiger partial charge in [0.1, 0.15) is 5.75 Å². The predicted octanol–water partition coefficient (Wildman–Crippen LogP) is 5.23. The summed E-state index contributed by atoms with van der Waals surface area (Å²) in [4.78, 5) is 0. The van der Waals surface area contributed by atoms with Gasteiger partial charge in [-0.2, -0.15) is 26.3 Å². The molecule has 3 rings (SSSR count). The van der Waals surface area contributed by atoms with Crippen LogP contribution in [0.25, 0.3) is 0 Å². The van der Waals surface area contributed by atoms with Gasteiger partial charge in [0.05, 0.1) is 16.8 Å². The van der Waals surface area contributed by atoms with Crippen LogP contribution in [0.2, 0.25) is 0 Å². The Bertz CT molecular complexity index is 720. The summed E-state index contributed by atoms with van der Waals surface area (Å²) in [5.41, 5.74) is -1.12. The molecule has 8 heteroatoms. The fourth-order valence-electron chi connectivity index (χ4n) is 2.22. The molecule has 1 heterocycles. The minimum Gasteiger partial charge on any atom is -0.464 e. The SMILES string of the molecule is FC(F)(F)c1ccc(C2Nc3cc(C(F)(F)F)ccc3O2)cc1. The monoisotopic (exact) mass is 333 g/mol. The van der Waals surface area contributed by atoms with E-state index in [2.05, 4.69) is 5.32 Å². The summed E-state index contributed by atoms with van der Waals surface area (Å²) in [5.74, 6) is 0.211. The van der Waals surface area contributed by atoms with Crippen LogP contribution >= 0.6 is 0 Å². The molecule has 1 aliphatic rings. The second kappa shape index (κ2) is 5.07. The standard InChI is InChI=1S/C15H9F6NO/c16-14(17,18)9-3-1-8(2-4-9)13-22-11-7-10(15(19,20)21)5-6-12(11)23-13/h1-7,13,22H. The molecule has 0 bridgehead atoms. The Morgan fingerprint density at radius 1 is 0.783 bits per heavy atom. The van der Waals surface area contributed by atoms with Crippen LogP contribution in [0.4, 0.5) is 32.0 Å². The van der Waals surface area contributed by atoms with E-state index >= 15 is 0 Å². The first-order chi connectivity index (χ1) is 10.6. The average molecular weight is 333 g/mol. The van der Waals surface area contributed by atoms with Gasteiger partial charge in [0.15, 0.2) is 6.23 Å². The van der Waals surface area contributed by atoms with Crippen LogP contribution in [-0.2, 0) is 12.4 Å². The summed E-state index contributed by atoms with van der Waals surface area (Å²) in [5, 5.41) is 2.72. The number of ether oxygens (including phenoxy) is 1. The Morgan fingerprint density at radius 2 is 1.35 bits per heavy atom. The molecule has 0 spiro atoms. The van der Waals surface area contributed by atoms with E-state index < -0.39 is 29.7 Å². The predicted molar refractivity (Wildman–Crippen MR) is 69.9 cm³/mol. The third-order valence-corrected chi connectivity index (χ3v) is 3.38. The number of benzene rings is 2. The minimum absolute atomic E-state index is 0.143. The van der Waals surface area contributed by atoms with Crippen molar-refractivity contribution in [2.24, 2.45) is 0 Å². The Hall–Kier alpha value is -2.38. The third-order valence-electron chi connectivity index (χ3n) is 3.38. The van der Waals surface area contributed by atoms with Crippen molar-refractivity contribution < 1.29 is 31.1 Å². The number of halogens is 6. The highest BCUT2D eigenvalue weighted by Crippen LogP contribution is 2.42. The molecule has 0 aromatic heterocycles. The van der Waals surface area contributed by atoms with Gasteiger partial charge in [-0.3, -0.25) is 0 Å². The molecule has 2 aromatic rings. The molecule has 1 aliphatic heterocycles. The lowest BCUT2D eigenvalue weighted by Crippen LogP contribution is -2.11. The highest BCUT2D eigenvalue weighted by atomic mass is 19.4. The van der Waals surface area contributed by atoms with E-state index in [0.29, 0.717) is 5.56 Å². The summed E-state index contributed by atoms with van der Waals surface area (Å²) >= 11 is 0. The Kier molecular flexibility index (Phi) is 3.42. The van der Waals surface area contributed by atoms with Gasteiger partial charge in [-0.25, -0.2) is 0 Å². The van der Waals surface area contributed by atoms with Gasteiger partial charge >= 0.3 is 12.4 Å². The molecule has 0 radical (unpaired) electrons. The van der Waals surface area contributed by atoms with Crippen molar-refractivity contribution in [3.05, 3.63) is 59.2 Å². The number of fused-ring (bicyclic) bond motifs is 1. The maximum absolute atomic E-state index is 12.7. The van der Waals surface area contributed by atoms with E-state index in [-0.39, 0.29) is 11.4 Å². The van der Waals surface area contributed by atoms with Crippen molar-refractivity contribution in [3.63, 3.8) is 0 Å². The summed E-state index contributed by atoms with van der Waals surface area (Å²) in [7, 11) is 0. The number of nitrogens with one attached hydrogen (secondary N) is 1. The summed E-state index contributed by atoms with van der Waals surface area (Å²) < 4.78 is 80.9. The van der Waals surface area contributed by atoms with Crippen molar-refractivity contribution in [2.75, 3.05) is 5.32 Å². The smallest absolute Gasteiger partial charge is 0.416 e. The van der Waals surface area contributed by atoms with Gasteiger partial charge < -0.3 is 10.1 Å². The third kappa shape index (κ3) is 3.06. The molecule has 1 N–H and O–H groups in total. The lowest BCUT2D eigenvalue weighted by molar-refractivity contribution is -0.138. The van der Waals surface area contributed by atoms with Gasteiger partial charge in [0.2, 0.25) is 0 Å². The lowest BCUT2D eigenvalue weighted by atomic mass is 10.1. The molecule has 2 nitrogen and oxygen atoms in total. The highest BCUT2D eigenvalue weighted by Gasteiger charge is 2.34. The van der Waals surface area contributed by atoms with Crippen LogP contribution in [0.1, 0.15) is 22.9 Å². The van der Waals surface area contributed by atoms with Crippen molar-refractivity contribution >= 4 is 5.69 Å². The zero-order valence-corrected chi connectivity index (χ0v) is 11.3. The van der Waals surface area contributed by atoms with E-state index in [1.807, 2.05) is 0 Å². The maximum Gasteiger partial charge on any atom is 0.416 e. The number of anilines is 1. The van der Waals surface area contributed by atoms with Crippen molar-refractivity contribution in [2.45, 2.75) is 18.6 Å². The van der Waals surface area contributed by atoms with Crippen molar-refractivity contribution in [1.29, 1.82) is 0 Å². The molecule has 2 aromatic carbocycles. The van der Waals surface area contributed by atoms with Crippen LogP contribution in [-0.4, -0.2) is 0 Å². The van der Waals surface area contributed by atoms with Crippen molar-refractivity contribution in [3.8, 4) is 5.75 Å². The number of hydrogen-bond acceptors (Lipinski definition) is 2. The van der Waals surface area contributed by atoms with E-state index in [4.69, 9.17) is 4.74 Å². The fraction of sp³-hybridized carbons (Fsp3) is 0.200. The highest BCUT2D eigenvalue weighted by molar-refractivity contribution is 5.62. The molecule has 23 heavy (non-hydrogen) atoms.